The Morgan fingerprint density at radius 2 is 2.43 bits per heavy atom. The molecule has 76 valence electrons. The maximum Gasteiger partial charge on any atom is 0.142 e. The Labute approximate surface area is 83.0 Å². The number of rotatable bonds is 4. The number of nitrogens with zero attached hydrogens (tertiary/aromatic N) is 1. The molecule has 4 nitrogen and oxygen atoms in total. The van der Waals surface area contributed by atoms with Crippen molar-refractivity contribution in [1.82, 2.24) is 4.98 Å². The van der Waals surface area contributed by atoms with E-state index < -0.39 is 0 Å². The molecule has 0 spiro atoms. The number of hydrogen-bond acceptors (Lipinski definition) is 4. The molecule has 0 atom stereocenters. The molecule has 4 heteroatoms. The normalized spacial score (nSPS) is 16.4. The first kappa shape index (κ1) is 9.43. The average Bonchev–Trinajstić information content (AvgIpc) is 2.16. The van der Waals surface area contributed by atoms with Gasteiger partial charge in [0.1, 0.15) is 5.75 Å². The SMILES string of the molecule is NCc1ccncc1OCC1COC1. The lowest BCUT2D eigenvalue weighted by Crippen LogP contribution is -2.32. The van der Waals surface area contributed by atoms with E-state index in [-0.39, 0.29) is 0 Å². The third-order valence-electron chi connectivity index (χ3n) is 2.27. The largest absolute Gasteiger partial charge is 0.491 e. The van der Waals surface area contributed by atoms with Crippen molar-refractivity contribution in [3.63, 3.8) is 0 Å². The molecule has 0 aromatic carbocycles. The molecule has 0 radical (unpaired) electrons. The average molecular weight is 194 g/mol. The summed E-state index contributed by atoms with van der Waals surface area (Å²) >= 11 is 0. The molecule has 1 aliphatic heterocycles. The first-order valence-corrected chi connectivity index (χ1v) is 4.73. The van der Waals surface area contributed by atoms with Gasteiger partial charge in [-0.15, -0.1) is 0 Å². The molecule has 1 aromatic heterocycles. The van der Waals surface area contributed by atoms with Crippen molar-refractivity contribution < 1.29 is 9.47 Å². The lowest BCUT2D eigenvalue weighted by Gasteiger charge is -2.26. The molecule has 1 saturated heterocycles. The van der Waals surface area contributed by atoms with Crippen LogP contribution in [-0.2, 0) is 11.3 Å². The Hall–Kier alpha value is -1.13. The quantitative estimate of drug-likeness (QED) is 0.761. The van der Waals surface area contributed by atoms with Gasteiger partial charge < -0.3 is 15.2 Å². The first-order valence-electron chi connectivity index (χ1n) is 4.73. The van der Waals surface area contributed by atoms with Gasteiger partial charge in [-0.05, 0) is 6.07 Å². The van der Waals surface area contributed by atoms with Crippen LogP contribution in [0.2, 0.25) is 0 Å². The highest BCUT2D eigenvalue weighted by atomic mass is 16.5. The number of nitrogens with two attached hydrogens (primary N) is 1. The maximum absolute atomic E-state index is 5.61. The molecule has 0 saturated carbocycles. The molecule has 2 N–H and O–H groups in total. The highest BCUT2D eigenvalue weighted by Crippen LogP contribution is 2.18. The van der Waals surface area contributed by atoms with Gasteiger partial charge in [0.25, 0.3) is 0 Å². The Balaban J connectivity index is 1.93. The van der Waals surface area contributed by atoms with Crippen LogP contribution in [0.1, 0.15) is 5.56 Å². The van der Waals surface area contributed by atoms with E-state index >= 15 is 0 Å². The van der Waals surface area contributed by atoms with Crippen molar-refractivity contribution in [2.24, 2.45) is 11.7 Å². The monoisotopic (exact) mass is 194 g/mol. The van der Waals surface area contributed by atoms with Crippen LogP contribution in [0.3, 0.4) is 0 Å². The molecule has 0 bridgehead atoms. The smallest absolute Gasteiger partial charge is 0.142 e. The van der Waals surface area contributed by atoms with E-state index in [1.54, 1.807) is 12.4 Å². The summed E-state index contributed by atoms with van der Waals surface area (Å²) in [5.41, 5.74) is 6.57. The van der Waals surface area contributed by atoms with Gasteiger partial charge in [-0.1, -0.05) is 0 Å². The van der Waals surface area contributed by atoms with Gasteiger partial charge in [0, 0.05) is 24.2 Å². The minimum Gasteiger partial charge on any atom is -0.491 e. The Kier molecular flexibility index (Phi) is 2.96. The summed E-state index contributed by atoms with van der Waals surface area (Å²) < 4.78 is 10.7. The fraction of sp³-hybridized carbons (Fsp3) is 0.500. The zero-order valence-corrected chi connectivity index (χ0v) is 7.98. The molecule has 14 heavy (non-hydrogen) atoms. The molecule has 1 fully saturated rings. The van der Waals surface area contributed by atoms with E-state index in [2.05, 4.69) is 4.98 Å². The fourth-order valence-corrected chi connectivity index (χ4v) is 1.30. The number of aromatic nitrogens is 1. The minimum absolute atomic E-state index is 0.485. The standard InChI is InChI=1S/C10H14N2O2/c11-3-9-1-2-12-4-10(9)14-7-8-5-13-6-8/h1-2,4,8H,3,5-7,11H2. The van der Waals surface area contributed by atoms with Crippen LogP contribution in [0, 0.1) is 5.92 Å². The maximum atomic E-state index is 5.61. The van der Waals surface area contributed by atoms with Crippen LogP contribution >= 0.6 is 0 Å². The van der Waals surface area contributed by atoms with E-state index in [9.17, 15) is 0 Å². The van der Waals surface area contributed by atoms with Crippen LogP contribution in [0.25, 0.3) is 0 Å². The predicted molar refractivity (Wildman–Crippen MR) is 51.9 cm³/mol. The van der Waals surface area contributed by atoms with E-state index in [0.29, 0.717) is 19.1 Å². The summed E-state index contributed by atoms with van der Waals surface area (Å²) in [6.45, 7) is 2.79. The molecule has 0 unspecified atom stereocenters. The minimum atomic E-state index is 0.485. The van der Waals surface area contributed by atoms with Gasteiger partial charge in [0.2, 0.25) is 0 Å². The molecule has 2 rings (SSSR count). The van der Waals surface area contributed by atoms with Gasteiger partial charge in [-0.25, -0.2) is 0 Å². The lowest BCUT2D eigenvalue weighted by atomic mass is 10.1. The van der Waals surface area contributed by atoms with E-state index in [4.69, 9.17) is 15.2 Å². The van der Waals surface area contributed by atoms with Crippen molar-refractivity contribution in [3.05, 3.63) is 24.0 Å². The molecule has 0 amide bonds. The summed E-state index contributed by atoms with van der Waals surface area (Å²) in [6.07, 6.45) is 3.43. The van der Waals surface area contributed by atoms with Gasteiger partial charge in [-0.3, -0.25) is 4.98 Å². The van der Waals surface area contributed by atoms with Crippen molar-refractivity contribution in [2.75, 3.05) is 19.8 Å². The highest BCUT2D eigenvalue weighted by Gasteiger charge is 2.19. The Morgan fingerprint density at radius 3 is 3.07 bits per heavy atom. The number of hydrogen-bond donors (Lipinski definition) is 1. The predicted octanol–water partition coefficient (Wildman–Crippen LogP) is 0.565. The number of ether oxygens (including phenoxy) is 2. The van der Waals surface area contributed by atoms with Crippen LogP contribution in [0.15, 0.2) is 18.5 Å². The van der Waals surface area contributed by atoms with E-state index in [1.807, 2.05) is 6.07 Å². The van der Waals surface area contributed by atoms with Crippen LogP contribution in [-0.4, -0.2) is 24.8 Å². The summed E-state index contributed by atoms with van der Waals surface area (Å²) in [6, 6.07) is 1.88. The molecule has 0 aliphatic carbocycles. The van der Waals surface area contributed by atoms with Crippen LogP contribution in [0.4, 0.5) is 0 Å². The van der Waals surface area contributed by atoms with Gasteiger partial charge >= 0.3 is 0 Å². The van der Waals surface area contributed by atoms with Gasteiger partial charge in [-0.2, -0.15) is 0 Å². The van der Waals surface area contributed by atoms with Crippen LogP contribution < -0.4 is 10.5 Å². The Morgan fingerprint density at radius 1 is 1.57 bits per heavy atom. The zero-order valence-electron chi connectivity index (χ0n) is 7.98. The van der Waals surface area contributed by atoms with Crippen LogP contribution in [0.5, 0.6) is 5.75 Å². The Bertz CT molecular complexity index is 300. The zero-order chi connectivity index (χ0) is 9.80. The van der Waals surface area contributed by atoms with Gasteiger partial charge in [0.05, 0.1) is 26.0 Å². The van der Waals surface area contributed by atoms with E-state index in [0.717, 1.165) is 24.5 Å². The van der Waals surface area contributed by atoms with Gasteiger partial charge in [0.15, 0.2) is 0 Å². The van der Waals surface area contributed by atoms with Crippen molar-refractivity contribution >= 4 is 0 Å². The number of pyridine rings is 1. The topological polar surface area (TPSA) is 57.4 Å². The summed E-state index contributed by atoms with van der Waals surface area (Å²) in [5, 5.41) is 0. The first-order chi connectivity index (χ1) is 6.90. The third-order valence-corrected chi connectivity index (χ3v) is 2.27. The molecular formula is C10H14N2O2. The van der Waals surface area contributed by atoms with Crippen molar-refractivity contribution in [1.29, 1.82) is 0 Å². The third kappa shape index (κ3) is 2.02. The molecule has 2 heterocycles. The second-order valence-electron chi connectivity index (χ2n) is 3.40. The lowest BCUT2D eigenvalue weighted by molar-refractivity contribution is -0.0510. The second kappa shape index (κ2) is 4.39. The highest BCUT2D eigenvalue weighted by molar-refractivity contribution is 5.29. The fourth-order valence-electron chi connectivity index (χ4n) is 1.30. The van der Waals surface area contributed by atoms with Crippen molar-refractivity contribution in [3.8, 4) is 5.75 Å². The molecule has 1 aromatic rings. The molecule has 1 aliphatic rings. The molecular weight excluding hydrogens is 180 g/mol. The van der Waals surface area contributed by atoms with Crippen molar-refractivity contribution in [2.45, 2.75) is 6.54 Å². The summed E-state index contributed by atoms with van der Waals surface area (Å²) in [4.78, 5) is 4.00. The second-order valence-corrected chi connectivity index (χ2v) is 3.40. The summed E-state index contributed by atoms with van der Waals surface area (Å²) in [5.74, 6) is 1.32. The van der Waals surface area contributed by atoms with E-state index in [1.165, 1.54) is 0 Å². The summed E-state index contributed by atoms with van der Waals surface area (Å²) in [7, 11) is 0.